The van der Waals surface area contributed by atoms with Gasteiger partial charge in [-0.1, -0.05) is 48.5 Å². The van der Waals surface area contributed by atoms with Gasteiger partial charge in [0.1, 0.15) is 6.10 Å². The lowest BCUT2D eigenvalue weighted by Gasteiger charge is -2.21. The van der Waals surface area contributed by atoms with E-state index >= 15 is 0 Å². The number of Topliss-reactive ketones (excluding diaryl/α,β-unsaturated/α-hetero) is 1. The molecular formula is C16H10O2. The van der Waals surface area contributed by atoms with Crippen LogP contribution in [0.3, 0.4) is 0 Å². The molecule has 0 fully saturated rings. The summed E-state index contributed by atoms with van der Waals surface area (Å²) in [5.41, 5.74) is 1.35. The smallest absolute Gasteiger partial charge is 0.196 e. The fourth-order valence-electron chi connectivity index (χ4n) is 2.91. The van der Waals surface area contributed by atoms with Gasteiger partial charge in [0.25, 0.3) is 0 Å². The molecule has 0 bridgehead atoms. The Hall–Kier alpha value is -2.19. The van der Waals surface area contributed by atoms with Crippen molar-refractivity contribution >= 4 is 27.3 Å². The van der Waals surface area contributed by atoms with Crippen LogP contribution in [0.25, 0.3) is 21.5 Å². The standard InChI is InChI=1S/C16H10O2/c17-15-11-5-1-3-9-7-8-10-4-2-6-12(16(15)18)14(10)13(9)11/h1-8,15,17H. The van der Waals surface area contributed by atoms with Gasteiger partial charge in [-0.3, -0.25) is 4.79 Å². The van der Waals surface area contributed by atoms with Gasteiger partial charge in [0.2, 0.25) is 0 Å². The SMILES string of the molecule is O=C1c2cccc3ccc4cccc(c4c23)C1O. The molecule has 0 aliphatic heterocycles. The lowest BCUT2D eigenvalue weighted by atomic mass is 9.84. The molecule has 0 saturated carbocycles. The molecular weight excluding hydrogens is 224 g/mol. The highest BCUT2D eigenvalue weighted by Gasteiger charge is 2.28. The third-order valence-electron chi connectivity index (χ3n) is 3.73. The van der Waals surface area contributed by atoms with Gasteiger partial charge in [-0.05, 0) is 21.7 Å². The van der Waals surface area contributed by atoms with Crippen LogP contribution in [0, 0.1) is 0 Å². The highest BCUT2D eigenvalue weighted by molar-refractivity contribution is 6.24. The van der Waals surface area contributed by atoms with Crippen LogP contribution in [0.15, 0.2) is 48.5 Å². The summed E-state index contributed by atoms with van der Waals surface area (Å²) in [5.74, 6) is -0.202. The molecule has 1 unspecified atom stereocenters. The summed E-state index contributed by atoms with van der Waals surface area (Å²) in [6.45, 7) is 0. The molecule has 1 N–H and O–H groups in total. The number of hydrogen-bond donors (Lipinski definition) is 1. The first-order valence-corrected chi connectivity index (χ1v) is 5.94. The van der Waals surface area contributed by atoms with Crippen molar-refractivity contribution in [1.82, 2.24) is 0 Å². The first-order chi connectivity index (χ1) is 8.77. The molecule has 0 heterocycles. The highest BCUT2D eigenvalue weighted by Crippen LogP contribution is 2.39. The number of aliphatic hydroxyl groups is 1. The van der Waals surface area contributed by atoms with Crippen LogP contribution in [0.2, 0.25) is 0 Å². The highest BCUT2D eigenvalue weighted by atomic mass is 16.3. The Balaban J connectivity index is 2.40. The van der Waals surface area contributed by atoms with Crippen molar-refractivity contribution in [2.45, 2.75) is 6.10 Å². The van der Waals surface area contributed by atoms with E-state index in [-0.39, 0.29) is 5.78 Å². The minimum Gasteiger partial charge on any atom is -0.380 e. The van der Waals surface area contributed by atoms with Crippen LogP contribution in [0.1, 0.15) is 22.0 Å². The lowest BCUT2D eigenvalue weighted by Crippen LogP contribution is -2.17. The van der Waals surface area contributed by atoms with Gasteiger partial charge in [0, 0.05) is 10.9 Å². The first kappa shape index (κ1) is 9.80. The van der Waals surface area contributed by atoms with E-state index in [2.05, 4.69) is 0 Å². The second-order valence-corrected chi connectivity index (χ2v) is 4.68. The summed E-state index contributed by atoms with van der Waals surface area (Å²) in [6, 6.07) is 15.4. The number of aliphatic hydroxyl groups excluding tert-OH is 1. The molecule has 1 aliphatic carbocycles. The number of carbonyl (C=O) groups is 1. The van der Waals surface area contributed by atoms with E-state index in [0.29, 0.717) is 5.56 Å². The van der Waals surface area contributed by atoms with Gasteiger partial charge in [-0.25, -0.2) is 0 Å². The third kappa shape index (κ3) is 1.03. The maximum atomic E-state index is 12.2. The molecule has 3 aromatic carbocycles. The Morgan fingerprint density at radius 1 is 0.833 bits per heavy atom. The maximum absolute atomic E-state index is 12.2. The maximum Gasteiger partial charge on any atom is 0.196 e. The Bertz CT molecular complexity index is 818. The molecule has 18 heavy (non-hydrogen) atoms. The Morgan fingerprint density at radius 2 is 1.50 bits per heavy atom. The van der Waals surface area contributed by atoms with E-state index < -0.39 is 6.10 Å². The number of carbonyl (C=O) groups excluding carboxylic acids is 1. The summed E-state index contributed by atoms with van der Waals surface area (Å²) in [5, 5.41) is 14.2. The van der Waals surface area contributed by atoms with Crippen molar-refractivity contribution in [3.63, 3.8) is 0 Å². The molecule has 0 spiro atoms. The van der Waals surface area contributed by atoms with Crippen LogP contribution >= 0.6 is 0 Å². The molecule has 1 aliphatic rings. The number of ketones is 1. The third-order valence-corrected chi connectivity index (χ3v) is 3.73. The number of benzene rings is 3. The van der Waals surface area contributed by atoms with Crippen LogP contribution in [0.4, 0.5) is 0 Å². The molecule has 0 radical (unpaired) electrons. The van der Waals surface area contributed by atoms with E-state index in [1.807, 2.05) is 42.5 Å². The largest absolute Gasteiger partial charge is 0.380 e. The molecule has 1 atom stereocenters. The lowest BCUT2D eigenvalue weighted by molar-refractivity contribution is 0.0749. The topological polar surface area (TPSA) is 37.3 Å². The van der Waals surface area contributed by atoms with Crippen LogP contribution in [-0.2, 0) is 0 Å². The van der Waals surface area contributed by atoms with E-state index in [0.717, 1.165) is 27.1 Å². The van der Waals surface area contributed by atoms with E-state index in [1.54, 1.807) is 6.07 Å². The number of hydrogen-bond acceptors (Lipinski definition) is 2. The number of rotatable bonds is 0. The van der Waals surface area contributed by atoms with Crippen LogP contribution in [-0.4, -0.2) is 10.9 Å². The van der Waals surface area contributed by atoms with Crippen molar-refractivity contribution in [3.05, 3.63) is 59.7 Å². The van der Waals surface area contributed by atoms with Gasteiger partial charge in [-0.2, -0.15) is 0 Å². The van der Waals surface area contributed by atoms with Gasteiger partial charge < -0.3 is 5.11 Å². The minimum absolute atomic E-state index is 0.202. The molecule has 86 valence electrons. The van der Waals surface area contributed by atoms with Gasteiger partial charge in [0.05, 0.1) is 0 Å². The quantitative estimate of drug-likeness (QED) is 0.606. The Kier molecular flexibility index (Phi) is 1.73. The zero-order valence-electron chi connectivity index (χ0n) is 9.55. The van der Waals surface area contributed by atoms with E-state index in [1.165, 1.54) is 0 Å². The second-order valence-electron chi connectivity index (χ2n) is 4.68. The normalized spacial score (nSPS) is 17.8. The summed E-state index contributed by atoms with van der Waals surface area (Å²) in [4.78, 5) is 12.2. The van der Waals surface area contributed by atoms with Gasteiger partial charge in [-0.15, -0.1) is 0 Å². The van der Waals surface area contributed by atoms with Crippen LogP contribution < -0.4 is 0 Å². The Morgan fingerprint density at radius 3 is 2.28 bits per heavy atom. The summed E-state index contributed by atoms with van der Waals surface area (Å²) >= 11 is 0. The molecule has 2 nitrogen and oxygen atoms in total. The molecule has 2 heteroatoms. The van der Waals surface area contributed by atoms with Crippen molar-refractivity contribution in [2.75, 3.05) is 0 Å². The van der Waals surface area contributed by atoms with Crippen LogP contribution in [0.5, 0.6) is 0 Å². The molecule has 3 aromatic rings. The van der Waals surface area contributed by atoms with E-state index in [9.17, 15) is 9.90 Å². The first-order valence-electron chi connectivity index (χ1n) is 5.94. The van der Waals surface area contributed by atoms with Crippen molar-refractivity contribution in [3.8, 4) is 0 Å². The minimum atomic E-state index is -1.03. The summed E-state index contributed by atoms with van der Waals surface area (Å²) in [7, 11) is 0. The fraction of sp³-hybridized carbons (Fsp3) is 0.0625. The van der Waals surface area contributed by atoms with Crippen molar-refractivity contribution in [2.24, 2.45) is 0 Å². The van der Waals surface area contributed by atoms with Gasteiger partial charge >= 0.3 is 0 Å². The zero-order valence-corrected chi connectivity index (χ0v) is 9.55. The summed E-state index contributed by atoms with van der Waals surface area (Å²) in [6.07, 6.45) is -1.03. The molecule has 4 rings (SSSR count). The second kappa shape index (κ2) is 3.18. The fourth-order valence-corrected chi connectivity index (χ4v) is 2.91. The average Bonchev–Trinajstić information content (AvgIpc) is 2.43. The van der Waals surface area contributed by atoms with Crippen molar-refractivity contribution in [1.29, 1.82) is 0 Å². The van der Waals surface area contributed by atoms with E-state index in [4.69, 9.17) is 0 Å². The molecule has 0 aromatic heterocycles. The Labute approximate surface area is 103 Å². The molecule has 0 amide bonds. The average molecular weight is 234 g/mol. The zero-order chi connectivity index (χ0) is 12.3. The predicted octanol–water partition coefficient (Wildman–Crippen LogP) is 3.22. The van der Waals surface area contributed by atoms with Gasteiger partial charge in [0.15, 0.2) is 5.78 Å². The predicted molar refractivity (Wildman–Crippen MR) is 70.7 cm³/mol. The van der Waals surface area contributed by atoms with Crippen molar-refractivity contribution < 1.29 is 9.90 Å². The monoisotopic (exact) mass is 234 g/mol. The molecule has 0 saturated heterocycles. The summed E-state index contributed by atoms with van der Waals surface area (Å²) < 4.78 is 0.